The Morgan fingerprint density at radius 1 is 1.09 bits per heavy atom. The lowest BCUT2D eigenvalue weighted by atomic mass is 9.62. The van der Waals surface area contributed by atoms with Crippen LogP contribution < -0.4 is 5.32 Å². The molecule has 2 nitrogen and oxygen atoms in total. The molecular formula is C19H20F2N2. The van der Waals surface area contributed by atoms with Crippen molar-refractivity contribution in [2.75, 3.05) is 6.54 Å². The van der Waals surface area contributed by atoms with Crippen molar-refractivity contribution in [2.45, 2.75) is 42.6 Å². The topological polar surface area (TPSA) is 24.9 Å². The first-order chi connectivity index (χ1) is 11.1. The summed E-state index contributed by atoms with van der Waals surface area (Å²) in [5.74, 6) is -2.03. The van der Waals surface area contributed by atoms with Gasteiger partial charge in [-0.05, 0) is 23.6 Å². The van der Waals surface area contributed by atoms with Gasteiger partial charge in [0.15, 0.2) is 0 Å². The van der Waals surface area contributed by atoms with Gasteiger partial charge in [-0.15, -0.1) is 0 Å². The molecular weight excluding hydrogens is 294 g/mol. The molecule has 4 heteroatoms. The Hall–Kier alpha value is -1.81. The van der Waals surface area contributed by atoms with E-state index in [4.69, 9.17) is 0 Å². The Morgan fingerprint density at radius 3 is 2.52 bits per heavy atom. The minimum absolute atomic E-state index is 0.0819. The van der Waals surface area contributed by atoms with Crippen molar-refractivity contribution in [2.24, 2.45) is 0 Å². The maximum atomic E-state index is 13.6. The lowest BCUT2D eigenvalue weighted by molar-refractivity contribution is -0.126. The molecule has 23 heavy (non-hydrogen) atoms. The SMILES string of the molecule is FC1(F)CC(CNC2CC2c2ccccc2)(c2cccnc2)C1. The molecule has 4 rings (SSSR count). The van der Waals surface area contributed by atoms with Gasteiger partial charge in [0, 0.05) is 49.2 Å². The second kappa shape index (κ2) is 5.38. The van der Waals surface area contributed by atoms with Gasteiger partial charge in [0.25, 0.3) is 0 Å². The Kier molecular flexibility index (Phi) is 3.45. The average molecular weight is 314 g/mol. The van der Waals surface area contributed by atoms with E-state index >= 15 is 0 Å². The molecule has 1 aromatic carbocycles. The summed E-state index contributed by atoms with van der Waals surface area (Å²) >= 11 is 0. The summed E-state index contributed by atoms with van der Waals surface area (Å²) < 4.78 is 27.1. The third-order valence-electron chi connectivity index (χ3n) is 5.19. The molecule has 2 unspecified atom stereocenters. The minimum Gasteiger partial charge on any atom is -0.312 e. The lowest BCUT2D eigenvalue weighted by Crippen LogP contribution is -2.55. The van der Waals surface area contributed by atoms with Crippen molar-refractivity contribution >= 4 is 0 Å². The van der Waals surface area contributed by atoms with E-state index in [0.29, 0.717) is 18.5 Å². The van der Waals surface area contributed by atoms with Crippen LogP contribution in [0.2, 0.25) is 0 Å². The standard InChI is InChI=1S/C19H20F2N2/c20-19(21)11-18(12-19,15-7-4-8-22-10-15)13-23-17-9-16(17)14-5-2-1-3-6-14/h1-8,10,16-17,23H,9,11-13H2. The van der Waals surface area contributed by atoms with Crippen molar-refractivity contribution in [3.8, 4) is 0 Å². The van der Waals surface area contributed by atoms with Crippen LogP contribution in [0.15, 0.2) is 54.9 Å². The van der Waals surface area contributed by atoms with Crippen LogP contribution in [0.5, 0.6) is 0 Å². The zero-order valence-corrected chi connectivity index (χ0v) is 12.9. The number of halogens is 2. The van der Waals surface area contributed by atoms with E-state index in [2.05, 4.69) is 22.4 Å². The number of aromatic nitrogens is 1. The van der Waals surface area contributed by atoms with Crippen molar-refractivity contribution < 1.29 is 8.78 Å². The van der Waals surface area contributed by atoms with Crippen molar-refractivity contribution in [3.63, 3.8) is 0 Å². The molecule has 0 radical (unpaired) electrons. The van der Waals surface area contributed by atoms with Gasteiger partial charge < -0.3 is 5.32 Å². The van der Waals surface area contributed by atoms with Gasteiger partial charge in [-0.25, -0.2) is 8.78 Å². The molecule has 0 amide bonds. The molecule has 2 aliphatic rings. The van der Waals surface area contributed by atoms with Crippen LogP contribution in [0.4, 0.5) is 8.78 Å². The van der Waals surface area contributed by atoms with Crippen LogP contribution in [0, 0.1) is 0 Å². The van der Waals surface area contributed by atoms with Gasteiger partial charge in [0.05, 0.1) is 0 Å². The van der Waals surface area contributed by atoms with Gasteiger partial charge in [-0.3, -0.25) is 4.98 Å². The quantitative estimate of drug-likeness (QED) is 0.905. The van der Waals surface area contributed by atoms with Gasteiger partial charge in [0.1, 0.15) is 0 Å². The molecule has 1 aromatic heterocycles. The number of nitrogens with zero attached hydrogens (tertiary/aromatic N) is 1. The summed E-state index contributed by atoms with van der Waals surface area (Å²) in [5.41, 5.74) is 1.79. The molecule has 2 aliphatic carbocycles. The lowest BCUT2D eigenvalue weighted by Gasteiger charge is -2.48. The highest BCUT2D eigenvalue weighted by Gasteiger charge is 2.57. The van der Waals surface area contributed by atoms with E-state index in [9.17, 15) is 8.78 Å². The van der Waals surface area contributed by atoms with Crippen LogP contribution in [-0.2, 0) is 5.41 Å². The summed E-state index contributed by atoms with van der Waals surface area (Å²) in [4.78, 5) is 4.11. The molecule has 120 valence electrons. The Labute approximate surface area is 134 Å². The van der Waals surface area contributed by atoms with Gasteiger partial charge in [-0.1, -0.05) is 36.4 Å². The van der Waals surface area contributed by atoms with E-state index in [-0.39, 0.29) is 12.8 Å². The van der Waals surface area contributed by atoms with Crippen molar-refractivity contribution in [1.29, 1.82) is 0 Å². The first-order valence-electron chi connectivity index (χ1n) is 8.15. The van der Waals surface area contributed by atoms with Crippen LogP contribution >= 0.6 is 0 Å². The van der Waals surface area contributed by atoms with E-state index < -0.39 is 11.3 Å². The Bertz CT molecular complexity index is 664. The summed E-state index contributed by atoms with van der Waals surface area (Å²) in [6.07, 6.45) is 4.35. The zero-order valence-electron chi connectivity index (χ0n) is 12.9. The number of nitrogens with one attached hydrogen (secondary N) is 1. The summed E-state index contributed by atoms with van der Waals surface area (Å²) in [7, 11) is 0. The number of alkyl halides is 2. The van der Waals surface area contributed by atoms with Gasteiger partial charge in [0.2, 0.25) is 5.92 Å². The third kappa shape index (κ3) is 2.88. The molecule has 2 atom stereocenters. The molecule has 1 N–H and O–H groups in total. The first-order valence-corrected chi connectivity index (χ1v) is 8.15. The maximum Gasteiger partial charge on any atom is 0.250 e. The minimum atomic E-state index is -2.54. The zero-order chi connectivity index (χ0) is 15.9. The largest absolute Gasteiger partial charge is 0.312 e. The third-order valence-corrected chi connectivity index (χ3v) is 5.19. The van der Waals surface area contributed by atoms with Crippen molar-refractivity contribution in [3.05, 3.63) is 66.0 Å². The number of pyridine rings is 1. The fourth-order valence-corrected chi connectivity index (χ4v) is 3.86. The number of hydrogen-bond donors (Lipinski definition) is 1. The Balaban J connectivity index is 1.43. The highest BCUT2D eigenvalue weighted by atomic mass is 19.3. The second-order valence-corrected chi connectivity index (χ2v) is 6.97. The molecule has 0 spiro atoms. The Morgan fingerprint density at radius 2 is 1.87 bits per heavy atom. The summed E-state index contributed by atoms with van der Waals surface area (Å²) in [6, 6.07) is 14.6. The average Bonchev–Trinajstić information content (AvgIpc) is 3.32. The monoisotopic (exact) mass is 314 g/mol. The van der Waals surface area contributed by atoms with Crippen LogP contribution in [0.25, 0.3) is 0 Å². The smallest absolute Gasteiger partial charge is 0.250 e. The number of rotatable bonds is 5. The second-order valence-electron chi connectivity index (χ2n) is 6.97. The number of benzene rings is 1. The van der Waals surface area contributed by atoms with Crippen LogP contribution in [0.3, 0.4) is 0 Å². The van der Waals surface area contributed by atoms with Crippen molar-refractivity contribution in [1.82, 2.24) is 10.3 Å². The van der Waals surface area contributed by atoms with E-state index in [1.54, 1.807) is 12.4 Å². The van der Waals surface area contributed by atoms with Crippen LogP contribution in [0.1, 0.15) is 36.3 Å². The molecule has 0 saturated heterocycles. The van der Waals surface area contributed by atoms with E-state index in [1.165, 1.54) is 5.56 Å². The first kappa shape index (κ1) is 14.8. The molecule has 2 aromatic rings. The normalized spacial score (nSPS) is 27.2. The predicted octanol–water partition coefficient (Wildman–Crippen LogP) is 3.89. The molecule has 0 bridgehead atoms. The van der Waals surface area contributed by atoms with Crippen LogP contribution in [-0.4, -0.2) is 23.5 Å². The number of hydrogen-bond acceptors (Lipinski definition) is 2. The fourth-order valence-electron chi connectivity index (χ4n) is 3.86. The molecule has 0 aliphatic heterocycles. The highest BCUT2D eigenvalue weighted by molar-refractivity contribution is 5.31. The van der Waals surface area contributed by atoms with E-state index in [1.807, 2.05) is 30.3 Å². The summed E-state index contributed by atoms with van der Waals surface area (Å²) in [6.45, 7) is 0.599. The molecule has 2 saturated carbocycles. The van der Waals surface area contributed by atoms with E-state index in [0.717, 1.165) is 12.0 Å². The highest BCUT2D eigenvalue weighted by Crippen LogP contribution is 2.53. The van der Waals surface area contributed by atoms with Gasteiger partial charge >= 0.3 is 0 Å². The molecule has 1 heterocycles. The summed E-state index contributed by atoms with van der Waals surface area (Å²) in [5, 5.41) is 3.52. The van der Waals surface area contributed by atoms with Gasteiger partial charge in [-0.2, -0.15) is 0 Å². The fraction of sp³-hybridized carbons (Fsp3) is 0.421. The predicted molar refractivity (Wildman–Crippen MR) is 85.7 cm³/mol. The molecule has 2 fully saturated rings. The maximum absolute atomic E-state index is 13.6.